The molecule has 2 rings (SSSR count). The van der Waals surface area contributed by atoms with E-state index in [-0.39, 0.29) is 11.8 Å². The maximum Gasteiger partial charge on any atom is 0.238 e. The van der Waals surface area contributed by atoms with Crippen LogP contribution in [0.2, 0.25) is 0 Å². The predicted octanol–water partition coefficient (Wildman–Crippen LogP) is -0.307. The van der Waals surface area contributed by atoms with E-state index in [4.69, 9.17) is 4.74 Å². The highest BCUT2D eigenvalue weighted by atomic mass is 16.5. The molecule has 0 spiro atoms. The van der Waals surface area contributed by atoms with Gasteiger partial charge in [0, 0.05) is 39.8 Å². The zero-order valence-electron chi connectivity index (χ0n) is 12.5. The van der Waals surface area contributed by atoms with Crippen LogP contribution in [0.3, 0.4) is 0 Å². The van der Waals surface area contributed by atoms with Gasteiger partial charge in [-0.15, -0.1) is 0 Å². The Hall–Kier alpha value is -1.14. The monoisotopic (exact) mass is 283 g/mol. The molecule has 114 valence electrons. The SMILES string of the molecule is CCN1CCN(C(=O)C2(C(=O)NCCOC)CC2)CC1. The summed E-state index contributed by atoms with van der Waals surface area (Å²) in [7, 11) is 1.59. The minimum atomic E-state index is -0.776. The Morgan fingerprint density at radius 3 is 2.35 bits per heavy atom. The van der Waals surface area contributed by atoms with Gasteiger partial charge in [-0.25, -0.2) is 0 Å². The molecule has 0 radical (unpaired) electrons. The molecule has 1 N–H and O–H groups in total. The van der Waals surface area contributed by atoms with Crippen LogP contribution in [0.4, 0.5) is 0 Å². The Morgan fingerprint density at radius 1 is 1.20 bits per heavy atom. The van der Waals surface area contributed by atoms with Gasteiger partial charge in [-0.3, -0.25) is 9.59 Å². The molecule has 0 aromatic rings. The van der Waals surface area contributed by atoms with E-state index in [1.165, 1.54) is 0 Å². The number of methoxy groups -OCH3 is 1. The Kier molecular flexibility index (Phi) is 4.99. The first-order valence-corrected chi connectivity index (χ1v) is 7.43. The van der Waals surface area contributed by atoms with Gasteiger partial charge < -0.3 is 19.9 Å². The zero-order chi connectivity index (χ0) is 14.6. The van der Waals surface area contributed by atoms with E-state index in [2.05, 4.69) is 17.1 Å². The van der Waals surface area contributed by atoms with Crippen LogP contribution in [-0.4, -0.2) is 74.6 Å². The van der Waals surface area contributed by atoms with Crippen molar-refractivity contribution < 1.29 is 14.3 Å². The zero-order valence-corrected chi connectivity index (χ0v) is 12.5. The van der Waals surface area contributed by atoms with Crippen LogP contribution in [-0.2, 0) is 14.3 Å². The molecular weight excluding hydrogens is 258 g/mol. The fraction of sp³-hybridized carbons (Fsp3) is 0.857. The summed E-state index contributed by atoms with van der Waals surface area (Å²) in [6, 6.07) is 0. The molecule has 0 unspecified atom stereocenters. The summed E-state index contributed by atoms with van der Waals surface area (Å²) in [6.07, 6.45) is 1.36. The second-order valence-electron chi connectivity index (χ2n) is 5.56. The van der Waals surface area contributed by atoms with Crippen LogP contribution in [0.1, 0.15) is 19.8 Å². The molecular formula is C14H25N3O3. The predicted molar refractivity (Wildman–Crippen MR) is 75.2 cm³/mol. The number of rotatable bonds is 6. The van der Waals surface area contributed by atoms with Crippen molar-refractivity contribution in [1.29, 1.82) is 0 Å². The van der Waals surface area contributed by atoms with E-state index in [1.807, 2.05) is 4.90 Å². The summed E-state index contributed by atoms with van der Waals surface area (Å²) in [5.74, 6) is -0.111. The van der Waals surface area contributed by atoms with E-state index in [1.54, 1.807) is 7.11 Å². The molecule has 1 aliphatic carbocycles. The standard InChI is InChI=1S/C14H25N3O3/c1-3-16-7-9-17(10-8-16)13(19)14(4-5-14)12(18)15-6-11-20-2/h3-11H2,1-2H3,(H,15,18). The van der Waals surface area contributed by atoms with Gasteiger partial charge in [-0.2, -0.15) is 0 Å². The minimum absolute atomic E-state index is 0.0168. The number of hydrogen-bond donors (Lipinski definition) is 1. The van der Waals surface area contributed by atoms with Crippen molar-refractivity contribution in [2.75, 3.05) is 53.0 Å². The Balaban J connectivity index is 1.86. The van der Waals surface area contributed by atoms with Gasteiger partial charge in [0.2, 0.25) is 11.8 Å². The van der Waals surface area contributed by atoms with Crippen molar-refractivity contribution in [3.05, 3.63) is 0 Å². The first-order chi connectivity index (χ1) is 9.64. The lowest BCUT2D eigenvalue weighted by atomic mass is 10.0. The smallest absolute Gasteiger partial charge is 0.238 e. The maximum absolute atomic E-state index is 12.6. The van der Waals surface area contributed by atoms with Crippen molar-refractivity contribution >= 4 is 11.8 Å². The molecule has 0 aromatic carbocycles. The molecule has 0 bridgehead atoms. The minimum Gasteiger partial charge on any atom is -0.383 e. The summed E-state index contributed by atoms with van der Waals surface area (Å²) < 4.78 is 4.91. The van der Waals surface area contributed by atoms with Gasteiger partial charge in [0.1, 0.15) is 5.41 Å². The molecule has 0 aromatic heterocycles. The number of carbonyl (C=O) groups excluding carboxylic acids is 2. The fourth-order valence-electron chi connectivity index (χ4n) is 2.67. The Morgan fingerprint density at radius 2 is 1.85 bits per heavy atom. The van der Waals surface area contributed by atoms with Gasteiger partial charge in [0.05, 0.1) is 6.61 Å². The highest BCUT2D eigenvalue weighted by molar-refractivity contribution is 6.07. The first kappa shape index (κ1) is 15.3. The second-order valence-corrected chi connectivity index (χ2v) is 5.56. The van der Waals surface area contributed by atoms with Crippen LogP contribution >= 0.6 is 0 Å². The average Bonchev–Trinajstić information content (AvgIpc) is 3.28. The quantitative estimate of drug-likeness (QED) is 0.537. The summed E-state index contributed by atoms with van der Waals surface area (Å²) in [5.41, 5.74) is -0.776. The molecule has 2 amide bonds. The first-order valence-electron chi connectivity index (χ1n) is 7.43. The number of amides is 2. The van der Waals surface area contributed by atoms with Crippen LogP contribution < -0.4 is 5.32 Å². The van der Waals surface area contributed by atoms with Crippen molar-refractivity contribution in [3.63, 3.8) is 0 Å². The lowest BCUT2D eigenvalue weighted by Crippen LogP contribution is -2.53. The van der Waals surface area contributed by atoms with E-state index in [0.29, 0.717) is 26.0 Å². The number of likely N-dealkylation sites (N-methyl/N-ethyl adjacent to an activating group) is 1. The summed E-state index contributed by atoms with van der Waals surface area (Å²) in [6.45, 7) is 7.37. The van der Waals surface area contributed by atoms with Gasteiger partial charge in [-0.1, -0.05) is 6.92 Å². The number of carbonyl (C=O) groups is 2. The van der Waals surface area contributed by atoms with Gasteiger partial charge in [0.15, 0.2) is 0 Å². The third-order valence-corrected chi connectivity index (χ3v) is 4.29. The number of nitrogens with zero attached hydrogens (tertiary/aromatic N) is 2. The van der Waals surface area contributed by atoms with Crippen LogP contribution in [0, 0.1) is 5.41 Å². The normalized spacial score (nSPS) is 21.6. The lowest BCUT2D eigenvalue weighted by Gasteiger charge is -2.35. The molecule has 1 heterocycles. The van der Waals surface area contributed by atoms with Gasteiger partial charge in [0.25, 0.3) is 0 Å². The molecule has 0 atom stereocenters. The molecule has 1 saturated carbocycles. The van der Waals surface area contributed by atoms with E-state index < -0.39 is 5.41 Å². The molecule has 6 nitrogen and oxygen atoms in total. The molecule has 1 aliphatic heterocycles. The average molecular weight is 283 g/mol. The number of nitrogens with one attached hydrogen (secondary N) is 1. The topological polar surface area (TPSA) is 61.9 Å². The van der Waals surface area contributed by atoms with E-state index in [0.717, 1.165) is 32.7 Å². The van der Waals surface area contributed by atoms with Crippen molar-refractivity contribution in [2.45, 2.75) is 19.8 Å². The van der Waals surface area contributed by atoms with Crippen LogP contribution in [0.15, 0.2) is 0 Å². The summed E-state index contributed by atoms with van der Waals surface area (Å²) in [4.78, 5) is 28.9. The highest BCUT2D eigenvalue weighted by Gasteiger charge is 2.57. The summed E-state index contributed by atoms with van der Waals surface area (Å²) in [5, 5.41) is 2.80. The van der Waals surface area contributed by atoms with Crippen molar-refractivity contribution in [1.82, 2.24) is 15.1 Å². The largest absolute Gasteiger partial charge is 0.383 e. The van der Waals surface area contributed by atoms with Gasteiger partial charge >= 0.3 is 0 Å². The van der Waals surface area contributed by atoms with E-state index >= 15 is 0 Å². The van der Waals surface area contributed by atoms with Crippen LogP contribution in [0.25, 0.3) is 0 Å². The lowest BCUT2D eigenvalue weighted by molar-refractivity contribution is -0.145. The number of hydrogen-bond acceptors (Lipinski definition) is 4. The Labute approximate surface area is 120 Å². The maximum atomic E-state index is 12.6. The number of ether oxygens (including phenoxy) is 1. The van der Waals surface area contributed by atoms with Crippen molar-refractivity contribution in [3.8, 4) is 0 Å². The molecule has 2 fully saturated rings. The fourth-order valence-corrected chi connectivity index (χ4v) is 2.67. The second kappa shape index (κ2) is 6.54. The highest BCUT2D eigenvalue weighted by Crippen LogP contribution is 2.47. The molecule has 20 heavy (non-hydrogen) atoms. The molecule has 2 aliphatic rings. The van der Waals surface area contributed by atoms with E-state index in [9.17, 15) is 9.59 Å². The third-order valence-electron chi connectivity index (χ3n) is 4.29. The molecule has 6 heteroatoms. The molecule has 1 saturated heterocycles. The van der Waals surface area contributed by atoms with Gasteiger partial charge in [-0.05, 0) is 19.4 Å². The number of piperazine rings is 1. The third kappa shape index (κ3) is 3.12. The van der Waals surface area contributed by atoms with Crippen LogP contribution in [0.5, 0.6) is 0 Å². The Bertz CT molecular complexity index is 361. The van der Waals surface area contributed by atoms with Crippen molar-refractivity contribution in [2.24, 2.45) is 5.41 Å². The summed E-state index contributed by atoms with van der Waals surface area (Å²) >= 11 is 0.